The molecule has 23 heavy (non-hydrogen) atoms. The minimum atomic E-state index is -0.746. The van der Waals surface area contributed by atoms with Crippen LogP contribution in [0.5, 0.6) is 0 Å². The molecule has 0 spiro atoms. The number of nitrogens with zero attached hydrogens (tertiary/aromatic N) is 1. The minimum Gasteiger partial charge on any atom is -0.345 e. The zero-order chi connectivity index (χ0) is 16.2. The molecule has 2 aromatic carbocycles. The Morgan fingerprint density at radius 3 is 2.43 bits per heavy atom. The second kappa shape index (κ2) is 4.68. The summed E-state index contributed by atoms with van der Waals surface area (Å²) >= 11 is 0. The molecule has 2 aromatic rings. The first-order chi connectivity index (χ1) is 10.9. The van der Waals surface area contributed by atoms with Crippen LogP contribution < -0.4 is 0 Å². The first kappa shape index (κ1) is 14.5. The topological polar surface area (TPSA) is 29.5 Å². The third-order valence-corrected chi connectivity index (χ3v) is 4.92. The third kappa shape index (κ3) is 1.89. The summed E-state index contributed by atoms with van der Waals surface area (Å²) in [7, 11) is 0. The van der Waals surface area contributed by atoms with Crippen molar-refractivity contribution in [3.63, 3.8) is 0 Å². The van der Waals surface area contributed by atoms with Gasteiger partial charge in [0, 0.05) is 23.2 Å². The van der Waals surface area contributed by atoms with Crippen molar-refractivity contribution in [2.45, 2.75) is 31.9 Å². The molecular weight excluding hydrogens is 286 g/mol. The molecule has 1 atom stereocenters. The fourth-order valence-electron chi connectivity index (χ4n) is 3.69. The highest BCUT2D eigenvalue weighted by Gasteiger charge is 2.54. The van der Waals surface area contributed by atoms with Crippen molar-refractivity contribution >= 4 is 5.91 Å². The number of carbonyl (C=O) groups excluding carboxylic acids is 1. The van der Waals surface area contributed by atoms with Gasteiger partial charge in [-0.2, -0.15) is 0 Å². The van der Waals surface area contributed by atoms with E-state index in [1.807, 2.05) is 29.2 Å². The van der Waals surface area contributed by atoms with Gasteiger partial charge in [0.25, 0.3) is 5.91 Å². The van der Waals surface area contributed by atoms with Gasteiger partial charge in [0.15, 0.2) is 5.72 Å². The number of fused-ring (bicyclic) bond motifs is 3. The highest BCUT2D eigenvalue weighted by Crippen LogP contribution is 2.47. The monoisotopic (exact) mass is 307 g/mol. The zero-order valence-corrected chi connectivity index (χ0v) is 13.8. The summed E-state index contributed by atoms with van der Waals surface area (Å²) in [6.07, 6.45) is 0. The molecule has 118 valence electrons. The molecule has 4 rings (SSSR count). The summed E-state index contributed by atoms with van der Waals surface area (Å²) in [5.41, 5.74) is 3.39. The van der Waals surface area contributed by atoms with E-state index < -0.39 is 5.72 Å². The molecule has 2 heterocycles. The Morgan fingerprint density at radius 2 is 1.74 bits per heavy atom. The molecule has 3 heteroatoms. The zero-order valence-electron chi connectivity index (χ0n) is 13.8. The predicted molar refractivity (Wildman–Crippen MR) is 89.4 cm³/mol. The molecular formula is C20H21NO2. The molecule has 1 saturated heterocycles. The number of hydrogen-bond acceptors (Lipinski definition) is 2. The van der Waals surface area contributed by atoms with Crippen LogP contribution in [0.4, 0.5) is 0 Å². The maximum absolute atomic E-state index is 12.7. The standard InChI is InChI=1S/C20H21NO2/c1-19(2,3)14-8-10-15(11-9-14)20-17-7-5-4-6-16(17)18(22)21(20)12-13-23-20/h4-11H,12-13H2,1-3H3. The first-order valence-corrected chi connectivity index (χ1v) is 8.11. The van der Waals surface area contributed by atoms with Gasteiger partial charge in [-0.15, -0.1) is 0 Å². The van der Waals surface area contributed by atoms with Gasteiger partial charge in [0.2, 0.25) is 0 Å². The van der Waals surface area contributed by atoms with E-state index in [4.69, 9.17) is 4.74 Å². The summed E-state index contributed by atoms with van der Waals surface area (Å²) in [6.45, 7) is 7.81. The van der Waals surface area contributed by atoms with Crippen molar-refractivity contribution in [2.24, 2.45) is 0 Å². The van der Waals surface area contributed by atoms with E-state index in [0.717, 1.165) is 16.7 Å². The van der Waals surface area contributed by atoms with Gasteiger partial charge in [-0.25, -0.2) is 0 Å². The molecule has 1 unspecified atom stereocenters. The maximum atomic E-state index is 12.7. The largest absolute Gasteiger partial charge is 0.345 e. The van der Waals surface area contributed by atoms with Crippen molar-refractivity contribution in [2.75, 3.05) is 13.2 Å². The molecule has 0 bridgehead atoms. The molecule has 0 aliphatic carbocycles. The van der Waals surface area contributed by atoms with E-state index in [1.165, 1.54) is 5.56 Å². The summed E-state index contributed by atoms with van der Waals surface area (Å²) in [4.78, 5) is 14.6. The lowest BCUT2D eigenvalue weighted by Gasteiger charge is -2.32. The SMILES string of the molecule is CC(C)(C)c1ccc(C23OCCN2C(=O)c2ccccc23)cc1. The van der Waals surface area contributed by atoms with Crippen molar-refractivity contribution < 1.29 is 9.53 Å². The smallest absolute Gasteiger partial charge is 0.257 e. The quantitative estimate of drug-likeness (QED) is 0.804. The van der Waals surface area contributed by atoms with E-state index in [-0.39, 0.29) is 11.3 Å². The van der Waals surface area contributed by atoms with Crippen LogP contribution in [0, 0.1) is 0 Å². The number of carbonyl (C=O) groups is 1. The van der Waals surface area contributed by atoms with Gasteiger partial charge in [-0.1, -0.05) is 63.2 Å². The second-order valence-electron chi connectivity index (χ2n) is 7.32. The maximum Gasteiger partial charge on any atom is 0.257 e. The summed E-state index contributed by atoms with van der Waals surface area (Å²) < 4.78 is 6.18. The molecule has 2 aliphatic rings. The predicted octanol–water partition coefficient (Wildman–Crippen LogP) is 3.67. The summed E-state index contributed by atoms with van der Waals surface area (Å²) in [5, 5.41) is 0. The third-order valence-electron chi connectivity index (χ3n) is 4.92. The van der Waals surface area contributed by atoms with Gasteiger partial charge >= 0.3 is 0 Å². The van der Waals surface area contributed by atoms with Crippen LogP contribution in [0.1, 0.15) is 47.8 Å². The average molecular weight is 307 g/mol. The Bertz CT molecular complexity index is 773. The van der Waals surface area contributed by atoms with Gasteiger partial charge in [-0.05, 0) is 17.0 Å². The van der Waals surface area contributed by atoms with Crippen LogP contribution >= 0.6 is 0 Å². The molecule has 0 N–H and O–H groups in total. The molecule has 1 fully saturated rings. The van der Waals surface area contributed by atoms with Gasteiger partial charge < -0.3 is 4.74 Å². The normalized spacial score (nSPS) is 23.1. The van der Waals surface area contributed by atoms with Crippen molar-refractivity contribution in [3.8, 4) is 0 Å². The van der Waals surface area contributed by atoms with Crippen LogP contribution in [-0.2, 0) is 15.9 Å². The number of amides is 1. The molecule has 0 radical (unpaired) electrons. The number of rotatable bonds is 1. The number of hydrogen-bond donors (Lipinski definition) is 0. The Balaban J connectivity index is 1.88. The van der Waals surface area contributed by atoms with Gasteiger partial charge in [-0.3, -0.25) is 9.69 Å². The molecule has 0 saturated carbocycles. The van der Waals surface area contributed by atoms with Crippen LogP contribution in [0.15, 0.2) is 48.5 Å². The Labute approximate surface area is 136 Å². The minimum absolute atomic E-state index is 0.0676. The fourth-order valence-corrected chi connectivity index (χ4v) is 3.69. The second-order valence-corrected chi connectivity index (χ2v) is 7.32. The average Bonchev–Trinajstić information content (AvgIpc) is 3.07. The number of ether oxygens (including phenoxy) is 1. The Hall–Kier alpha value is -2.13. The van der Waals surface area contributed by atoms with E-state index in [2.05, 4.69) is 45.0 Å². The first-order valence-electron chi connectivity index (χ1n) is 8.11. The van der Waals surface area contributed by atoms with Crippen LogP contribution in [0.3, 0.4) is 0 Å². The molecule has 2 aliphatic heterocycles. The lowest BCUT2D eigenvalue weighted by atomic mass is 9.85. The summed E-state index contributed by atoms with van der Waals surface area (Å²) in [5.74, 6) is 0.0676. The Morgan fingerprint density at radius 1 is 1.04 bits per heavy atom. The number of benzene rings is 2. The van der Waals surface area contributed by atoms with Crippen LogP contribution in [0.2, 0.25) is 0 Å². The fraction of sp³-hybridized carbons (Fsp3) is 0.350. The highest BCUT2D eigenvalue weighted by atomic mass is 16.5. The van der Waals surface area contributed by atoms with Crippen molar-refractivity contribution in [1.29, 1.82) is 0 Å². The van der Waals surface area contributed by atoms with E-state index >= 15 is 0 Å². The summed E-state index contributed by atoms with van der Waals surface area (Å²) in [6, 6.07) is 16.3. The molecule has 0 aromatic heterocycles. The van der Waals surface area contributed by atoms with Crippen molar-refractivity contribution in [1.82, 2.24) is 4.90 Å². The van der Waals surface area contributed by atoms with E-state index in [9.17, 15) is 4.79 Å². The Kier molecular flexibility index (Phi) is 2.94. The van der Waals surface area contributed by atoms with Crippen LogP contribution in [0.25, 0.3) is 0 Å². The van der Waals surface area contributed by atoms with E-state index in [0.29, 0.717) is 13.2 Å². The van der Waals surface area contributed by atoms with Gasteiger partial charge in [0.05, 0.1) is 6.61 Å². The van der Waals surface area contributed by atoms with Crippen LogP contribution in [-0.4, -0.2) is 24.0 Å². The molecule has 3 nitrogen and oxygen atoms in total. The van der Waals surface area contributed by atoms with E-state index in [1.54, 1.807) is 0 Å². The lowest BCUT2D eigenvalue weighted by molar-refractivity contribution is -0.0304. The van der Waals surface area contributed by atoms with Crippen molar-refractivity contribution in [3.05, 3.63) is 70.8 Å². The highest BCUT2D eigenvalue weighted by molar-refractivity contribution is 6.00. The lowest BCUT2D eigenvalue weighted by Crippen LogP contribution is -2.40. The van der Waals surface area contributed by atoms with Gasteiger partial charge in [0.1, 0.15) is 0 Å². The molecule has 1 amide bonds.